The van der Waals surface area contributed by atoms with E-state index < -0.39 is 0 Å². The average Bonchev–Trinajstić information content (AvgIpc) is 2.91. The van der Waals surface area contributed by atoms with Crippen LogP contribution < -0.4 is 10.2 Å². The Morgan fingerprint density at radius 1 is 1.04 bits per heavy atom. The smallest absolute Gasteiger partial charge is 0.224 e. The van der Waals surface area contributed by atoms with Crippen molar-refractivity contribution in [2.45, 2.75) is 45.2 Å². The van der Waals surface area contributed by atoms with Gasteiger partial charge in [-0.05, 0) is 37.0 Å². The number of hydrogen-bond donors (Lipinski definition) is 1. The summed E-state index contributed by atoms with van der Waals surface area (Å²) in [5.74, 6) is 1.84. The highest BCUT2D eigenvalue weighted by Gasteiger charge is 2.27. The Labute approximate surface area is 156 Å². The van der Waals surface area contributed by atoms with Crippen molar-refractivity contribution in [3.8, 4) is 0 Å². The standard InChI is InChI=1S/C21H29N5/c1-17-8-4-5-9-18(17)14-25-15-19(16-25)23-21-22-11-10-20(24-21)26-12-6-2-3-7-13-26/h4-5,8-11,19H,2-3,6-7,12-16H2,1H3,(H,22,23,24). The lowest BCUT2D eigenvalue weighted by Crippen LogP contribution is -2.54. The number of anilines is 2. The van der Waals surface area contributed by atoms with Crippen LogP contribution >= 0.6 is 0 Å². The Balaban J connectivity index is 1.30. The third kappa shape index (κ3) is 4.15. The first-order valence-electron chi connectivity index (χ1n) is 9.89. The van der Waals surface area contributed by atoms with E-state index in [9.17, 15) is 0 Å². The molecular weight excluding hydrogens is 322 g/mol. The molecule has 5 nitrogen and oxygen atoms in total. The molecule has 0 aliphatic carbocycles. The molecule has 1 aromatic carbocycles. The molecular formula is C21H29N5. The van der Waals surface area contributed by atoms with Crippen LogP contribution in [0.3, 0.4) is 0 Å². The molecule has 138 valence electrons. The molecule has 0 atom stereocenters. The summed E-state index contributed by atoms with van der Waals surface area (Å²) in [5.41, 5.74) is 2.79. The number of nitrogens with zero attached hydrogens (tertiary/aromatic N) is 4. The molecule has 4 rings (SSSR count). The van der Waals surface area contributed by atoms with Crippen molar-refractivity contribution >= 4 is 11.8 Å². The second kappa shape index (κ2) is 8.04. The lowest BCUT2D eigenvalue weighted by atomic mass is 10.0. The van der Waals surface area contributed by atoms with Crippen LogP contribution in [0.2, 0.25) is 0 Å². The monoisotopic (exact) mass is 351 g/mol. The minimum Gasteiger partial charge on any atom is -0.356 e. The minimum absolute atomic E-state index is 0.443. The molecule has 0 spiro atoms. The first-order chi connectivity index (χ1) is 12.8. The zero-order valence-electron chi connectivity index (χ0n) is 15.7. The summed E-state index contributed by atoms with van der Waals surface area (Å²) in [6.07, 6.45) is 7.10. The predicted octanol–water partition coefficient (Wildman–Crippen LogP) is 3.46. The Bertz CT molecular complexity index is 718. The van der Waals surface area contributed by atoms with Gasteiger partial charge in [-0.1, -0.05) is 37.1 Å². The molecule has 2 saturated heterocycles. The molecule has 1 aromatic heterocycles. The zero-order valence-corrected chi connectivity index (χ0v) is 15.7. The van der Waals surface area contributed by atoms with Crippen LogP contribution in [-0.2, 0) is 6.54 Å². The first-order valence-corrected chi connectivity index (χ1v) is 9.89. The topological polar surface area (TPSA) is 44.3 Å². The van der Waals surface area contributed by atoms with E-state index in [1.807, 2.05) is 12.3 Å². The van der Waals surface area contributed by atoms with Crippen LogP contribution in [0.1, 0.15) is 36.8 Å². The Hall–Kier alpha value is -2.14. The Morgan fingerprint density at radius 2 is 1.81 bits per heavy atom. The largest absolute Gasteiger partial charge is 0.356 e. The highest BCUT2D eigenvalue weighted by molar-refractivity contribution is 5.43. The molecule has 1 N–H and O–H groups in total. The summed E-state index contributed by atoms with van der Waals surface area (Å²) in [6.45, 7) is 7.54. The number of hydrogen-bond acceptors (Lipinski definition) is 5. The molecule has 0 unspecified atom stereocenters. The van der Waals surface area contributed by atoms with Gasteiger partial charge in [-0.2, -0.15) is 4.98 Å². The lowest BCUT2D eigenvalue weighted by molar-refractivity contribution is 0.152. The van der Waals surface area contributed by atoms with Crippen LogP contribution in [0.25, 0.3) is 0 Å². The third-order valence-corrected chi connectivity index (χ3v) is 5.52. The summed E-state index contributed by atoms with van der Waals surface area (Å²) < 4.78 is 0. The highest BCUT2D eigenvalue weighted by Crippen LogP contribution is 2.21. The second-order valence-corrected chi connectivity index (χ2v) is 7.60. The van der Waals surface area contributed by atoms with E-state index in [1.165, 1.54) is 36.8 Å². The Morgan fingerprint density at radius 3 is 2.58 bits per heavy atom. The van der Waals surface area contributed by atoms with Crippen LogP contribution in [0.5, 0.6) is 0 Å². The molecule has 2 aliphatic heterocycles. The van der Waals surface area contributed by atoms with Gasteiger partial charge in [0.1, 0.15) is 5.82 Å². The van der Waals surface area contributed by atoms with E-state index in [2.05, 4.69) is 51.3 Å². The van der Waals surface area contributed by atoms with Crippen LogP contribution in [0.15, 0.2) is 36.5 Å². The van der Waals surface area contributed by atoms with E-state index >= 15 is 0 Å². The van der Waals surface area contributed by atoms with Gasteiger partial charge >= 0.3 is 0 Å². The molecule has 2 aromatic rings. The Kier molecular flexibility index (Phi) is 5.34. The molecule has 0 amide bonds. The van der Waals surface area contributed by atoms with E-state index in [1.54, 1.807) is 0 Å². The van der Waals surface area contributed by atoms with Crippen molar-refractivity contribution in [2.24, 2.45) is 0 Å². The number of aryl methyl sites for hydroxylation is 1. The van der Waals surface area contributed by atoms with Crippen molar-refractivity contribution in [3.05, 3.63) is 47.7 Å². The highest BCUT2D eigenvalue weighted by atomic mass is 15.3. The fourth-order valence-electron chi connectivity index (χ4n) is 3.90. The van der Waals surface area contributed by atoms with Gasteiger partial charge in [0.25, 0.3) is 0 Å². The zero-order chi connectivity index (χ0) is 17.8. The van der Waals surface area contributed by atoms with Gasteiger partial charge in [0.2, 0.25) is 5.95 Å². The summed E-state index contributed by atoms with van der Waals surface area (Å²) in [5, 5.41) is 3.51. The van der Waals surface area contributed by atoms with Gasteiger partial charge in [-0.15, -0.1) is 0 Å². The van der Waals surface area contributed by atoms with Gasteiger partial charge in [0, 0.05) is 38.9 Å². The fourth-order valence-corrected chi connectivity index (χ4v) is 3.90. The van der Waals surface area contributed by atoms with Gasteiger partial charge < -0.3 is 10.2 Å². The normalized spacial score (nSPS) is 19.0. The SMILES string of the molecule is Cc1ccccc1CN1CC(Nc2nccc(N3CCCCCC3)n2)C1. The summed E-state index contributed by atoms with van der Waals surface area (Å²) >= 11 is 0. The molecule has 0 saturated carbocycles. The fraction of sp³-hybridized carbons (Fsp3) is 0.524. The van der Waals surface area contributed by atoms with Crippen LogP contribution in [0.4, 0.5) is 11.8 Å². The maximum Gasteiger partial charge on any atom is 0.224 e. The maximum atomic E-state index is 4.77. The van der Waals surface area contributed by atoms with Gasteiger partial charge in [0.15, 0.2) is 0 Å². The molecule has 3 heterocycles. The van der Waals surface area contributed by atoms with Crippen molar-refractivity contribution in [2.75, 3.05) is 36.4 Å². The van der Waals surface area contributed by atoms with Crippen molar-refractivity contribution in [3.63, 3.8) is 0 Å². The van der Waals surface area contributed by atoms with Crippen molar-refractivity contribution in [1.82, 2.24) is 14.9 Å². The molecule has 5 heteroatoms. The van der Waals surface area contributed by atoms with E-state index in [0.29, 0.717) is 6.04 Å². The van der Waals surface area contributed by atoms with Gasteiger partial charge in [-0.3, -0.25) is 4.90 Å². The van der Waals surface area contributed by atoms with Gasteiger partial charge in [0.05, 0.1) is 6.04 Å². The summed E-state index contributed by atoms with van der Waals surface area (Å²) in [4.78, 5) is 14.1. The van der Waals surface area contributed by atoms with Crippen molar-refractivity contribution in [1.29, 1.82) is 0 Å². The number of nitrogens with one attached hydrogen (secondary N) is 1. The van der Waals surface area contributed by atoms with Crippen molar-refractivity contribution < 1.29 is 0 Å². The van der Waals surface area contributed by atoms with E-state index in [-0.39, 0.29) is 0 Å². The number of likely N-dealkylation sites (tertiary alicyclic amines) is 1. The third-order valence-electron chi connectivity index (χ3n) is 5.52. The molecule has 26 heavy (non-hydrogen) atoms. The summed E-state index contributed by atoms with van der Waals surface area (Å²) in [6, 6.07) is 11.1. The average molecular weight is 351 g/mol. The molecule has 0 radical (unpaired) electrons. The van der Waals surface area contributed by atoms with Gasteiger partial charge in [-0.25, -0.2) is 4.98 Å². The first kappa shape index (κ1) is 17.3. The molecule has 2 aliphatic rings. The number of rotatable bonds is 5. The number of benzene rings is 1. The molecule has 2 fully saturated rings. The number of aromatic nitrogens is 2. The summed E-state index contributed by atoms with van der Waals surface area (Å²) in [7, 11) is 0. The minimum atomic E-state index is 0.443. The quantitative estimate of drug-likeness (QED) is 0.894. The van der Waals surface area contributed by atoms with E-state index in [0.717, 1.165) is 44.5 Å². The lowest BCUT2D eigenvalue weighted by Gasteiger charge is -2.39. The van der Waals surface area contributed by atoms with Crippen LogP contribution in [0, 0.1) is 6.92 Å². The second-order valence-electron chi connectivity index (χ2n) is 7.60. The van der Waals surface area contributed by atoms with E-state index in [4.69, 9.17) is 4.98 Å². The van der Waals surface area contributed by atoms with Crippen LogP contribution in [-0.4, -0.2) is 47.1 Å². The molecule has 0 bridgehead atoms. The predicted molar refractivity (Wildman–Crippen MR) is 107 cm³/mol. The maximum absolute atomic E-state index is 4.77.